The highest BCUT2D eigenvalue weighted by Gasteiger charge is 2.09. The van der Waals surface area contributed by atoms with Crippen LogP contribution in [0.1, 0.15) is 87.3 Å². The first kappa shape index (κ1) is 47.4. The van der Waals surface area contributed by atoms with E-state index in [2.05, 4.69) is 172 Å². The Kier molecular flexibility index (Phi) is 24.3. The van der Waals surface area contributed by atoms with Gasteiger partial charge in [0.1, 0.15) is 0 Å². The predicted molar refractivity (Wildman–Crippen MR) is 234 cm³/mol. The van der Waals surface area contributed by atoms with Crippen molar-refractivity contribution in [1.82, 2.24) is 23.8 Å². The van der Waals surface area contributed by atoms with E-state index in [1.807, 2.05) is 55.4 Å². The lowest BCUT2D eigenvalue weighted by atomic mass is 10.1. The number of rotatable bonds is 7. The highest BCUT2D eigenvalue weighted by Crippen LogP contribution is 2.30. The molecular weight excluding hydrogens is 623 g/mol. The summed E-state index contributed by atoms with van der Waals surface area (Å²) in [6.07, 6.45) is 0. The van der Waals surface area contributed by atoms with Gasteiger partial charge in [-0.15, -0.1) is 0 Å². The van der Waals surface area contributed by atoms with E-state index >= 15 is 0 Å². The molecule has 0 bridgehead atoms. The van der Waals surface area contributed by atoms with Crippen molar-refractivity contribution in [1.29, 1.82) is 0 Å². The van der Waals surface area contributed by atoms with Gasteiger partial charge >= 0.3 is 0 Å². The fourth-order valence-corrected chi connectivity index (χ4v) is 6.02. The highest BCUT2D eigenvalue weighted by molar-refractivity contribution is 6.09. The van der Waals surface area contributed by atoms with Crippen LogP contribution >= 0.6 is 0 Å². The monoisotopic (exact) mass is 698 g/mol. The molecule has 0 saturated heterocycles. The largest absolute Gasteiger partial charge is 0.344 e. The van der Waals surface area contributed by atoms with Crippen molar-refractivity contribution in [2.45, 2.75) is 89.3 Å². The highest BCUT2D eigenvalue weighted by atomic mass is 15.1. The Morgan fingerprint density at radius 2 is 0.765 bits per heavy atom. The van der Waals surface area contributed by atoms with Crippen LogP contribution in [0.25, 0.3) is 43.6 Å². The molecule has 5 nitrogen and oxygen atoms in total. The first-order chi connectivity index (χ1) is 24.7. The van der Waals surface area contributed by atoms with Gasteiger partial charge in [0.05, 0.1) is 0 Å². The number of benzene rings is 4. The number of aromatic nitrogens is 2. The van der Waals surface area contributed by atoms with Crippen LogP contribution in [-0.4, -0.2) is 71.7 Å². The first-order valence-corrected chi connectivity index (χ1v) is 19.6. The molecule has 51 heavy (non-hydrogen) atoms. The normalized spacial score (nSPS) is 10.2. The van der Waals surface area contributed by atoms with Crippen molar-refractivity contribution < 1.29 is 0 Å². The van der Waals surface area contributed by atoms with Crippen LogP contribution in [0.2, 0.25) is 0 Å². The van der Waals surface area contributed by atoms with E-state index in [0.29, 0.717) is 0 Å². The fourth-order valence-electron chi connectivity index (χ4n) is 6.02. The van der Waals surface area contributed by atoms with Crippen molar-refractivity contribution in [2.24, 2.45) is 14.1 Å². The minimum absolute atomic E-state index is 0.984. The van der Waals surface area contributed by atoms with Crippen LogP contribution in [0.5, 0.6) is 0 Å². The van der Waals surface area contributed by atoms with Crippen molar-refractivity contribution >= 4 is 43.6 Å². The molecule has 2 aromatic heterocycles. The van der Waals surface area contributed by atoms with Gasteiger partial charge in [-0.2, -0.15) is 0 Å². The summed E-state index contributed by atoms with van der Waals surface area (Å²) < 4.78 is 4.55. The van der Waals surface area contributed by atoms with Crippen molar-refractivity contribution in [3.63, 3.8) is 0 Å². The Morgan fingerprint density at radius 1 is 0.412 bits per heavy atom. The first-order valence-electron chi connectivity index (χ1n) is 19.6. The van der Waals surface area contributed by atoms with E-state index in [1.54, 1.807) is 0 Å². The molecular formula is C46H75N5. The molecule has 4 aromatic carbocycles. The molecule has 0 atom stereocenters. The molecule has 0 radical (unpaired) electrons. The van der Waals surface area contributed by atoms with E-state index < -0.39 is 0 Å². The van der Waals surface area contributed by atoms with Gasteiger partial charge in [-0.3, -0.25) is 0 Å². The number of aryl methyl sites for hydroxylation is 2. The van der Waals surface area contributed by atoms with Crippen LogP contribution in [0.3, 0.4) is 0 Å². The van der Waals surface area contributed by atoms with E-state index in [0.717, 1.165) is 13.1 Å². The number of hydrogen-bond donors (Lipinski definition) is 0. The van der Waals surface area contributed by atoms with E-state index in [9.17, 15) is 0 Å². The average Bonchev–Trinajstić information content (AvgIpc) is 3.62. The van der Waals surface area contributed by atoms with Crippen LogP contribution in [-0.2, 0) is 27.2 Å². The van der Waals surface area contributed by atoms with Gasteiger partial charge in [-0.25, -0.2) is 0 Å². The third-order valence-electron chi connectivity index (χ3n) is 8.30. The molecule has 6 rings (SSSR count). The second-order valence-corrected chi connectivity index (χ2v) is 12.0. The topological polar surface area (TPSA) is 19.6 Å². The zero-order valence-corrected chi connectivity index (χ0v) is 35.9. The number of nitrogens with zero attached hydrogens (tertiary/aromatic N) is 5. The summed E-state index contributed by atoms with van der Waals surface area (Å²) in [7, 11) is 12.7. The van der Waals surface area contributed by atoms with Crippen molar-refractivity contribution in [2.75, 3.05) is 47.8 Å². The Hall–Kier alpha value is -3.64. The van der Waals surface area contributed by atoms with Crippen molar-refractivity contribution in [3.8, 4) is 0 Å². The molecule has 0 fully saturated rings. The van der Waals surface area contributed by atoms with Crippen molar-refractivity contribution in [3.05, 3.63) is 96.1 Å². The minimum Gasteiger partial charge on any atom is -0.344 e. The maximum atomic E-state index is 2.38. The standard InChI is InChI=1S/2C16H18N2.C6H15N.4C2H6/c1-17(2)11-12-8-9-16-14(10-12)13-6-4-5-7-15(13)18(16)3;1-17(2)11-12-8-9-14-13-6-4-5-7-15(13)18(3)16(14)10-12;1-4-7(5-2)6-3;4*1-2/h2*4-10H,11H2,1-3H3;4-6H2,1-3H3;4*1-2H3. The quantitative estimate of drug-likeness (QED) is 0.166. The number of para-hydroxylation sites is 2. The molecule has 0 saturated carbocycles. The fraction of sp³-hybridized carbons (Fsp3) is 0.478. The average molecular weight is 698 g/mol. The molecule has 0 aliphatic carbocycles. The van der Waals surface area contributed by atoms with Crippen LogP contribution < -0.4 is 0 Å². The smallest absolute Gasteiger partial charge is 0.0491 e. The maximum absolute atomic E-state index is 2.38. The van der Waals surface area contributed by atoms with Gasteiger partial charge in [0.25, 0.3) is 0 Å². The third-order valence-corrected chi connectivity index (χ3v) is 8.30. The van der Waals surface area contributed by atoms with Crippen LogP contribution in [0.4, 0.5) is 0 Å². The predicted octanol–water partition coefficient (Wildman–Crippen LogP) is 12.2. The minimum atomic E-state index is 0.984. The van der Waals surface area contributed by atoms with Gasteiger partial charge in [-0.05, 0) is 89.3 Å². The van der Waals surface area contributed by atoms with Crippen LogP contribution in [0, 0.1) is 0 Å². The molecule has 0 aliphatic heterocycles. The van der Waals surface area contributed by atoms with Crippen LogP contribution in [0.15, 0.2) is 84.9 Å². The molecule has 5 heteroatoms. The molecule has 0 amide bonds. The Balaban J connectivity index is 0.000000715. The Morgan fingerprint density at radius 3 is 1.20 bits per heavy atom. The maximum Gasteiger partial charge on any atom is 0.0491 e. The van der Waals surface area contributed by atoms with Gasteiger partial charge in [0, 0.05) is 70.8 Å². The van der Waals surface area contributed by atoms with Gasteiger partial charge in [-0.1, -0.05) is 131 Å². The third kappa shape index (κ3) is 13.4. The second-order valence-electron chi connectivity index (χ2n) is 12.0. The summed E-state index contributed by atoms with van der Waals surface area (Å²) in [6.45, 7) is 28.1. The molecule has 284 valence electrons. The zero-order valence-electron chi connectivity index (χ0n) is 35.9. The van der Waals surface area contributed by atoms with Gasteiger partial charge in [0.2, 0.25) is 0 Å². The summed E-state index contributed by atoms with van der Waals surface area (Å²) in [4.78, 5) is 6.77. The molecule has 0 spiro atoms. The van der Waals surface area contributed by atoms with E-state index in [4.69, 9.17) is 0 Å². The molecule has 0 unspecified atom stereocenters. The Bertz CT molecular complexity index is 1760. The van der Waals surface area contributed by atoms with E-state index in [1.165, 1.54) is 74.4 Å². The molecule has 0 N–H and O–H groups in total. The van der Waals surface area contributed by atoms with Gasteiger partial charge < -0.3 is 23.8 Å². The number of fused-ring (bicyclic) bond motifs is 6. The summed E-state index contributed by atoms with van der Waals surface area (Å²) in [5, 5.41) is 5.38. The van der Waals surface area contributed by atoms with E-state index in [-0.39, 0.29) is 0 Å². The molecule has 2 heterocycles. The zero-order chi connectivity index (χ0) is 39.1. The second kappa shape index (κ2) is 26.2. The van der Waals surface area contributed by atoms with Gasteiger partial charge in [0.15, 0.2) is 0 Å². The molecule has 0 aliphatic rings. The lowest BCUT2D eigenvalue weighted by Gasteiger charge is -2.13. The lowest BCUT2D eigenvalue weighted by Crippen LogP contribution is -2.21. The number of hydrogen-bond acceptors (Lipinski definition) is 3. The SMILES string of the molecule is CC.CC.CC.CC.CCN(CC)CC.CN(C)Cc1ccc2c(c1)c1ccccc1n2C.CN(C)Cc1ccc2c3ccccc3n(C)c2c1. The molecule has 6 aromatic rings. The lowest BCUT2D eigenvalue weighted by molar-refractivity contribution is 0.321. The summed E-state index contributed by atoms with van der Waals surface area (Å²) in [6, 6.07) is 30.7. The Labute approximate surface area is 313 Å². The summed E-state index contributed by atoms with van der Waals surface area (Å²) in [5.41, 5.74) is 7.94. The summed E-state index contributed by atoms with van der Waals surface area (Å²) >= 11 is 0. The summed E-state index contributed by atoms with van der Waals surface area (Å²) in [5.74, 6) is 0.